The van der Waals surface area contributed by atoms with E-state index in [1.165, 1.54) is 36.0 Å². The highest BCUT2D eigenvalue weighted by Gasteiger charge is 2.38. The Hall–Kier alpha value is -2.36. The van der Waals surface area contributed by atoms with E-state index in [2.05, 4.69) is 63.3 Å². The van der Waals surface area contributed by atoms with Gasteiger partial charge in [-0.05, 0) is 61.4 Å². The molecule has 0 atom stereocenters. The zero-order valence-electron chi connectivity index (χ0n) is 19.1. The van der Waals surface area contributed by atoms with Crippen molar-refractivity contribution >= 4 is 6.03 Å². The first kappa shape index (κ1) is 22.3. The molecular formula is C26H37N3O. The van der Waals surface area contributed by atoms with Crippen LogP contribution in [-0.2, 0) is 12.0 Å². The van der Waals surface area contributed by atoms with E-state index in [9.17, 15) is 4.79 Å². The molecule has 0 bridgehead atoms. The molecule has 2 amide bonds. The van der Waals surface area contributed by atoms with Crippen molar-refractivity contribution in [1.29, 1.82) is 0 Å². The van der Waals surface area contributed by atoms with Gasteiger partial charge < -0.3 is 10.2 Å². The topological polar surface area (TPSA) is 45.2 Å². The summed E-state index contributed by atoms with van der Waals surface area (Å²) in [6.07, 6.45) is 7.77. The van der Waals surface area contributed by atoms with Crippen molar-refractivity contribution in [2.45, 2.75) is 71.8 Å². The normalized spacial score (nSPS) is 15.8. The Labute approximate surface area is 182 Å². The van der Waals surface area contributed by atoms with Gasteiger partial charge in [-0.25, -0.2) is 4.79 Å². The Balaban J connectivity index is 1.78. The summed E-state index contributed by atoms with van der Waals surface area (Å²) in [4.78, 5) is 20.1. The zero-order valence-corrected chi connectivity index (χ0v) is 19.1. The lowest BCUT2D eigenvalue weighted by molar-refractivity contribution is 0.152. The molecule has 1 aliphatic carbocycles. The van der Waals surface area contributed by atoms with Gasteiger partial charge in [-0.3, -0.25) is 4.98 Å². The monoisotopic (exact) mass is 407 g/mol. The van der Waals surface area contributed by atoms with Crippen molar-refractivity contribution in [3.63, 3.8) is 0 Å². The Bertz CT molecular complexity index is 825. The van der Waals surface area contributed by atoms with Crippen LogP contribution in [0.1, 0.15) is 68.3 Å². The molecule has 1 N–H and O–H groups in total. The second kappa shape index (κ2) is 10.1. The van der Waals surface area contributed by atoms with Crippen LogP contribution in [0.4, 0.5) is 4.79 Å². The molecule has 1 aromatic carbocycles. The molecule has 4 nitrogen and oxygen atoms in total. The number of carbonyl (C=O) groups excluding carboxylic acids is 1. The van der Waals surface area contributed by atoms with Crippen LogP contribution >= 0.6 is 0 Å². The van der Waals surface area contributed by atoms with Gasteiger partial charge in [-0.2, -0.15) is 0 Å². The Morgan fingerprint density at radius 1 is 1.10 bits per heavy atom. The number of aryl methyl sites for hydroxylation is 1. The van der Waals surface area contributed by atoms with Crippen LogP contribution in [0.3, 0.4) is 0 Å². The van der Waals surface area contributed by atoms with Crippen molar-refractivity contribution in [2.24, 2.45) is 5.92 Å². The second-order valence-corrected chi connectivity index (χ2v) is 9.35. The summed E-state index contributed by atoms with van der Waals surface area (Å²) in [5.41, 5.74) is 4.80. The SMILES string of the molecule is Cc1cccc(CNC(=O)N(CC(C)C)CC2(c3ccccn3)CCCCC2)c1C. The number of rotatable bonds is 7. The third-order valence-electron chi connectivity index (χ3n) is 6.53. The molecule has 1 aliphatic rings. The van der Waals surface area contributed by atoms with Gasteiger partial charge in [0.25, 0.3) is 0 Å². The van der Waals surface area contributed by atoms with E-state index in [-0.39, 0.29) is 11.4 Å². The molecule has 1 heterocycles. The standard InChI is InChI=1S/C26H37N3O/c1-20(2)18-29(25(30)28-17-23-12-10-11-21(3)22(23)4)19-26(14-7-5-8-15-26)24-13-6-9-16-27-24/h6,9-13,16,20H,5,7-8,14-15,17-19H2,1-4H3,(H,28,30). The molecule has 1 aromatic heterocycles. The van der Waals surface area contributed by atoms with Gasteiger partial charge in [0.1, 0.15) is 0 Å². The fourth-order valence-electron chi connectivity index (χ4n) is 4.71. The number of nitrogens with zero attached hydrogens (tertiary/aromatic N) is 2. The van der Waals surface area contributed by atoms with Gasteiger partial charge in [0.15, 0.2) is 0 Å². The molecule has 2 aromatic rings. The third-order valence-corrected chi connectivity index (χ3v) is 6.53. The maximum Gasteiger partial charge on any atom is 0.317 e. The van der Waals surface area contributed by atoms with E-state index in [4.69, 9.17) is 4.98 Å². The first-order chi connectivity index (χ1) is 14.4. The highest BCUT2D eigenvalue weighted by molar-refractivity contribution is 5.74. The molecule has 162 valence electrons. The fraction of sp³-hybridized carbons (Fsp3) is 0.538. The fourth-order valence-corrected chi connectivity index (χ4v) is 4.71. The number of nitrogens with one attached hydrogen (secondary N) is 1. The van der Waals surface area contributed by atoms with Gasteiger partial charge in [-0.1, -0.05) is 57.4 Å². The highest BCUT2D eigenvalue weighted by Crippen LogP contribution is 2.39. The number of pyridine rings is 1. The molecule has 4 heteroatoms. The van der Waals surface area contributed by atoms with E-state index in [0.717, 1.165) is 31.6 Å². The minimum atomic E-state index is -0.0367. The lowest BCUT2D eigenvalue weighted by atomic mass is 9.71. The maximum atomic E-state index is 13.3. The van der Waals surface area contributed by atoms with Gasteiger partial charge in [0, 0.05) is 36.9 Å². The molecule has 0 aliphatic heterocycles. The number of hydrogen-bond donors (Lipinski definition) is 1. The molecule has 0 radical (unpaired) electrons. The number of aromatic nitrogens is 1. The van der Waals surface area contributed by atoms with Crippen molar-refractivity contribution < 1.29 is 4.79 Å². The smallest absolute Gasteiger partial charge is 0.317 e. The Morgan fingerprint density at radius 2 is 1.87 bits per heavy atom. The minimum Gasteiger partial charge on any atom is -0.334 e. The first-order valence-electron chi connectivity index (χ1n) is 11.4. The minimum absolute atomic E-state index is 0.0329. The average molecular weight is 408 g/mol. The predicted octanol–water partition coefficient (Wildman–Crippen LogP) is 5.77. The largest absolute Gasteiger partial charge is 0.334 e. The van der Waals surface area contributed by atoms with Gasteiger partial charge >= 0.3 is 6.03 Å². The molecule has 1 saturated carbocycles. The van der Waals surface area contributed by atoms with Gasteiger partial charge in [0.05, 0.1) is 0 Å². The van der Waals surface area contributed by atoms with Crippen molar-refractivity contribution in [2.75, 3.05) is 13.1 Å². The van der Waals surface area contributed by atoms with Crippen LogP contribution in [-0.4, -0.2) is 29.0 Å². The van der Waals surface area contributed by atoms with E-state index in [1.54, 1.807) is 0 Å². The summed E-state index contributed by atoms with van der Waals surface area (Å²) >= 11 is 0. The number of amides is 2. The molecule has 0 unspecified atom stereocenters. The quantitative estimate of drug-likeness (QED) is 0.633. The molecule has 0 spiro atoms. The van der Waals surface area contributed by atoms with Crippen molar-refractivity contribution in [1.82, 2.24) is 15.2 Å². The summed E-state index contributed by atoms with van der Waals surface area (Å²) in [5, 5.41) is 3.20. The number of carbonyl (C=O) groups is 1. The maximum absolute atomic E-state index is 13.3. The summed E-state index contributed by atoms with van der Waals surface area (Å²) in [6.45, 7) is 10.7. The zero-order chi connectivity index (χ0) is 21.6. The van der Waals surface area contributed by atoms with E-state index >= 15 is 0 Å². The van der Waals surface area contributed by atoms with Crippen LogP contribution in [0.25, 0.3) is 0 Å². The number of hydrogen-bond acceptors (Lipinski definition) is 2. The van der Waals surface area contributed by atoms with Crippen LogP contribution in [0.15, 0.2) is 42.6 Å². The van der Waals surface area contributed by atoms with E-state index in [0.29, 0.717) is 12.5 Å². The summed E-state index contributed by atoms with van der Waals surface area (Å²) in [6, 6.07) is 12.5. The predicted molar refractivity (Wildman–Crippen MR) is 124 cm³/mol. The first-order valence-corrected chi connectivity index (χ1v) is 11.4. The number of urea groups is 1. The molecule has 0 saturated heterocycles. The summed E-state index contributed by atoms with van der Waals surface area (Å²) < 4.78 is 0. The summed E-state index contributed by atoms with van der Waals surface area (Å²) in [5.74, 6) is 0.417. The van der Waals surface area contributed by atoms with E-state index < -0.39 is 0 Å². The average Bonchev–Trinajstić information content (AvgIpc) is 2.75. The third kappa shape index (κ3) is 5.41. The van der Waals surface area contributed by atoms with Gasteiger partial charge in [0.2, 0.25) is 0 Å². The Morgan fingerprint density at radius 3 is 2.53 bits per heavy atom. The lowest BCUT2D eigenvalue weighted by Crippen LogP contribution is -2.50. The molecular weight excluding hydrogens is 370 g/mol. The van der Waals surface area contributed by atoms with Crippen LogP contribution in [0, 0.1) is 19.8 Å². The summed E-state index contributed by atoms with van der Waals surface area (Å²) in [7, 11) is 0. The van der Waals surface area contributed by atoms with E-state index in [1.807, 2.05) is 17.2 Å². The molecule has 3 rings (SSSR count). The van der Waals surface area contributed by atoms with Crippen LogP contribution in [0.2, 0.25) is 0 Å². The van der Waals surface area contributed by atoms with Crippen molar-refractivity contribution in [3.05, 3.63) is 65.0 Å². The van der Waals surface area contributed by atoms with Gasteiger partial charge in [-0.15, -0.1) is 0 Å². The molecule has 1 fully saturated rings. The Kier molecular flexibility index (Phi) is 7.52. The molecule has 30 heavy (non-hydrogen) atoms. The number of benzene rings is 1. The second-order valence-electron chi connectivity index (χ2n) is 9.35. The van der Waals surface area contributed by atoms with Crippen LogP contribution in [0.5, 0.6) is 0 Å². The van der Waals surface area contributed by atoms with Crippen molar-refractivity contribution in [3.8, 4) is 0 Å². The highest BCUT2D eigenvalue weighted by atomic mass is 16.2. The lowest BCUT2D eigenvalue weighted by Gasteiger charge is -2.41. The van der Waals surface area contributed by atoms with Crippen LogP contribution < -0.4 is 5.32 Å².